The number of rotatable bonds is 4. The predicted octanol–water partition coefficient (Wildman–Crippen LogP) is 2.61. The van der Waals surface area contributed by atoms with Crippen molar-refractivity contribution in [3.8, 4) is 0 Å². The maximum Gasteiger partial charge on any atom is 0.253 e. The maximum atomic E-state index is 12.4. The number of hydrogen-bond acceptors (Lipinski definition) is 3. The van der Waals surface area contributed by atoms with Crippen LogP contribution in [0.25, 0.3) is 0 Å². The first-order chi connectivity index (χ1) is 10.3. The van der Waals surface area contributed by atoms with E-state index in [-0.39, 0.29) is 5.91 Å². The number of carbonyl (C=O) groups excluding carboxylic acids is 1. The molecule has 1 saturated heterocycles. The zero-order valence-electron chi connectivity index (χ0n) is 12.0. The van der Waals surface area contributed by atoms with Gasteiger partial charge in [0.25, 0.3) is 5.91 Å². The van der Waals surface area contributed by atoms with E-state index in [0.717, 1.165) is 30.0 Å². The van der Waals surface area contributed by atoms with Crippen molar-refractivity contribution < 1.29 is 4.79 Å². The van der Waals surface area contributed by atoms with Crippen molar-refractivity contribution in [2.75, 3.05) is 18.0 Å². The fourth-order valence-corrected chi connectivity index (χ4v) is 2.67. The standard InChI is InChI=1S/C17H19N3O/c21-17(19-13-14-7-3-4-10-18-14)15-8-1-2-9-16(15)20-11-5-6-12-20/h1-4,7-10H,5-6,11-13H2,(H,19,21). The average molecular weight is 281 g/mol. The Morgan fingerprint density at radius 3 is 2.62 bits per heavy atom. The average Bonchev–Trinajstić information content (AvgIpc) is 3.08. The van der Waals surface area contributed by atoms with Crippen LogP contribution < -0.4 is 10.2 Å². The van der Waals surface area contributed by atoms with E-state index in [1.165, 1.54) is 12.8 Å². The van der Waals surface area contributed by atoms with Crippen molar-refractivity contribution in [1.82, 2.24) is 10.3 Å². The summed E-state index contributed by atoms with van der Waals surface area (Å²) in [6, 6.07) is 13.5. The Hall–Kier alpha value is -2.36. The lowest BCUT2D eigenvalue weighted by Crippen LogP contribution is -2.27. The number of aromatic nitrogens is 1. The molecule has 2 heterocycles. The molecule has 0 atom stereocenters. The Bertz CT molecular complexity index is 606. The first-order valence-corrected chi connectivity index (χ1v) is 7.37. The van der Waals surface area contributed by atoms with E-state index in [0.29, 0.717) is 6.54 Å². The molecule has 1 aliphatic heterocycles. The van der Waals surface area contributed by atoms with Crippen molar-refractivity contribution in [2.24, 2.45) is 0 Å². The van der Waals surface area contributed by atoms with Crippen molar-refractivity contribution in [2.45, 2.75) is 19.4 Å². The molecule has 4 heteroatoms. The first kappa shape index (κ1) is 13.6. The largest absolute Gasteiger partial charge is 0.371 e. The molecule has 1 aromatic carbocycles. The van der Waals surface area contributed by atoms with Crippen LogP contribution in [0.5, 0.6) is 0 Å². The van der Waals surface area contributed by atoms with Crippen molar-refractivity contribution in [1.29, 1.82) is 0 Å². The second-order valence-corrected chi connectivity index (χ2v) is 5.22. The van der Waals surface area contributed by atoms with Gasteiger partial charge in [-0.05, 0) is 37.1 Å². The van der Waals surface area contributed by atoms with Crippen LogP contribution in [0.1, 0.15) is 28.9 Å². The minimum absolute atomic E-state index is 0.0387. The minimum atomic E-state index is -0.0387. The summed E-state index contributed by atoms with van der Waals surface area (Å²) in [5.74, 6) is -0.0387. The highest BCUT2D eigenvalue weighted by Gasteiger charge is 2.18. The second-order valence-electron chi connectivity index (χ2n) is 5.22. The summed E-state index contributed by atoms with van der Waals surface area (Å²) in [5.41, 5.74) is 2.65. The van der Waals surface area contributed by atoms with Gasteiger partial charge in [-0.3, -0.25) is 9.78 Å². The topological polar surface area (TPSA) is 45.2 Å². The molecule has 0 aliphatic carbocycles. The van der Waals surface area contributed by atoms with Gasteiger partial charge in [0.1, 0.15) is 0 Å². The molecule has 21 heavy (non-hydrogen) atoms. The molecule has 0 bridgehead atoms. The Balaban J connectivity index is 1.72. The summed E-state index contributed by atoms with van der Waals surface area (Å²) < 4.78 is 0. The summed E-state index contributed by atoms with van der Waals surface area (Å²) in [4.78, 5) is 18.9. The van der Waals surface area contributed by atoms with E-state index in [9.17, 15) is 4.79 Å². The van der Waals surface area contributed by atoms with Crippen LogP contribution in [0.3, 0.4) is 0 Å². The molecular formula is C17H19N3O. The van der Waals surface area contributed by atoms with E-state index < -0.39 is 0 Å². The van der Waals surface area contributed by atoms with E-state index in [1.54, 1.807) is 6.20 Å². The van der Waals surface area contributed by atoms with Crippen LogP contribution in [0.2, 0.25) is 0 Å². The zero-order chi connectivity index (χ0) is 14.5. The van der Waals surface area contributed by atoms with Crippen LogP contribution >= 0.6 is 0 Å². The third kappa shape index (κ3) is 3.21. The molecule has 1 aliphatic rings. The highest BCUT2D eigenvalue weighted by Crippen LogP contribution is 2.24. The molecule has 2 aromatic rings. The number of pyridine rings is 1. The van der Waals surface area contributed by atoms with Crippen LogP contribution in [-0.2, 0) is 6.54 Å². The quantitative estimate of drug-likeness (QED) is 0.937. The van der Waals surface area contributed by atoms with Gasteiger partial charge in [0.2, 0.25) is 0 Å². The summed E-state index contributed by atoms with van der Waals surface area (Å²) in [7, 11) is 0. The predicted molar refractivity (Wildman–Crippen MR) is 83.3 cm³/mol. The molecule has 1 aromatic heterocycles. The number of nitrogens with one attached hydrogen (secondary N) is 1. The third-order valence-electron chi connectivity index (χ3n) is 3.75. The molecule has 1 fully saturated rings. The minimum Gasteiger partial charge on any atom is -0.371 e. The smallest absolute Gasteiger partial charge is 0.253 e. The van der Waals surface area contributed by atoms with E-state index >= 15 is 0 Å². The number of nitrogens with zero attached hydrogens (tertiary/aromatic N) is 2. The molecule has 108 valence electrons. The third-order valence-corrected chi connectivity index (χ3v) is 3.75. The Labute approximate surface area is 124 Å². The monoisotopic (exact) mass is 281 g/mol. The number of amides is 1. The lowest BCUT2D eigenvalue weighted by atomic mass is 10.1. The number of para-hydroxylation sites is 1. The van der Waals surface area contributed by atoms with E-state index in [2.05, 4.69) is 15.2 Å². The van der Waals surface area contributed by atoms with E-state index in [4.69, 9.17) is 0 Å². The van der Waals surface area contributed by atoms with Crippen LogP contribution in [0, 0.1) is 0 Å². The van der Waals surface area contributed by atoms with Crippen molar-refractivity contribution in [3.63, 3.8) is 0 Å². The number of anilines is 1. The van der Waals surface area contributed by atoms with Gasteiger partial charge in [0.05, 0.1) is 17.8 Å². The van der Waals surface area contributed by atoms with Crippen LogP contribution in [0.4, 0.5) is 5.69 Å². The fourth-order valence-electron chi connectivity index (χ4n) is 2.67. The zero-order valence-corrected chi connectivity index (χ0v) is 12.0. The van der Waals surface area contributed by atoms with Gasteiger partial charge in [0.15, 0.2) is 0 Å². The number of benzene rings is 1. The maximum absolute atomic E-state index is 12.4. The molecule has 3 rings (SSSR count). The lowest BCUT2D eigenvalue weighted by Gasteiger charge is -2.20. The van der Waals surface area contributed by atoms with Crippen LogP contribution in [-0.4, -0.2) is 24.0 Å². The van der Waals surface area contributed by atoms with Gasteiger partial charge < -0.3 is 10.2 Å². The lowest BCUT2D eigenvalue weighted by molar-refractivity contribution is 0.0951. The highest BCUT2D eigenvalue weighted by atomic mass is 16.1. The summed E-state index contributed by atoms with van der Waals surface area (Å²) >= 11 is 0. The summed E-state index contributed by atoms with van der Waals surface area (Å²) in [5, 5.41) is 2.95. The molecule has 0 saturated carbocycles. The molecule has 4 nitrogen and oxygen atoms in total. The van der Waals surface area contributed by atoms with Gasteiger partial charge in [-0.25, -0.2) is 0 Å². The molecule has 1 N–H and O–H groups in total. The SMILES string of the molecule is O=C(NCc1ccccn1)c1ccccc1N1CCCC1. The summed E-state index contributed by atoms with van der Waals surface area (Å²) in [6.07, 6.45) is 4.13. The van der Waals surface area contributed by atoms with Gasteiger partial charge in [-0.15, -0.1) is 0 Å². The van der Waals surface area contributed by atoms with Gasteiger partial charge in [-0.1, -0.05) is 18.2 Å². The van der Waals surface area contributed by atoms with E-state index in [1.807, 2.05) is 42.5 Å². The highest BCUT2D eigenvalue weighted by molar-refractivity contribution is 5.99. The normalized spacial score (nSPS) is 14.2. The molecule has 0 unspecified atom stereocenters. The Morgan fingerprint density at radius 2 is 1.86 bits per heavy atom. The van der Waals surface area contributed by atoms with Crippen molar-refractivity contribution >= 4 is 11.6 Å². The van der Waals surface area contributed by atoms with Crippen molar-refractivity contribution in [3.05, 3.63) is 59.9 Å². The molecule has 0 spiro atoms. The number of carbonyl (C=O) groups is 1. The number of hydrogen-bond donors (Lipinski definition) is 1. The molecular weight excluding hydrogens is 262 g/mol. The van der Waals surface area contributed by atoms with Crippen LogP contribution in [0.15, 0.2) is 48.7 Å². The van der Waals surface area contributed by atoms with Gasteiger partial charge in [-0.2, -0.15) is 0 Å². The summed E-state index contributed by atoms with van der Waals surface area (Å²) in [6.45, 7) is 2.52. The first-order valence-electron chi connectivity index (χ1n) is 7.37. The Morgan fingerprint density at radius 1 is 1.10 bits per heavy atom. The Kier molecular flexibility index (Phi) is 4.15. The fraction of sp³-hybridized carbons (Fsp3) is 0.294. The molecule has 0 radical (unpaired) electrons. The molecule has 1 amide bonds. The van der Waals surface area contributed by atoms with Gasteiger partial charge >= 0.3 is 0 Å². The second kappa shape index (κ2) is 6.39. The van der Waals surface area contributed by atoms with Gasteiger partial charge in [0, 0.05) is 25.0 Å².